The summed E-state index contributed by atoms with van der Waals surface area (Å²) in [7, 11) is 0. The Kier molecular flexibility index (Phi) is 2.12. The average Bonchev–Trinajstić information content (AvgIpc) is 1.94. The molecule has 0 fully saturated rings. The van der Waals surface area contributed by atoms with Gasteiger partial charge in [0.05, 0.1) is 0 Å². The second-order valence-electron chi connectivity index (χ2n) is 1.67. The second-order valence-corrected chi connectivity index (χ2v) is 2.16. The van der Waals surface area contributed by atoms with E-state index >= 15 is 0 Å². The normalized spacial score (nSPS) is 19.9. The molecular weight excluding hydrogens is 122 g/mol. The smallest absolute Gasteiger partial charge is 0.0319 e. The highest BCUT2D eigenvalue weighted by atomic mass is 35.5. The van der Waals surface area contributed by atoms with Gasteiger partial charge < -0.3 is 5.32 Å². The highest BCUT2D eigenvalue weighted by Gasteiger charge is 1.90. The number of nitrogens with one attached hydrogen (secondary N) is 1. The van der Waals surface area contributed by atoms with Crippen LogP contribution >= 0.6 is 11.6 Å². The predicted octanol–water partition coefficient (Wildman–Crippen LogP) is 1.27. The zero-order valence-corrected chi connectivity index (χ0v) is 5.28. The molecule has 0 radical (unpaired) electrons. The summed E-state index contributed by atoms with van der Waals surface area (Å²) < 4.78 is 0. The maximum absolute atomic E-state index is 5.67. The van der Waals surface area contributed by atoms with Crippen molar-refractivity contribution in [3.63, 3.8) is 0 Å². The Balaban J connectivity index is 2.52. The molecule has 0 amide bonds. The molecule has 0 aliphatic carbocycles. The minimum absolute atomic E-state index is 0.800. The van der Waals surface area contributed by atoms with Gasteiger partial charge in [-0.25, -0.2) is 0 Å². The van der Waals surface area contributed by atoms with Crippen LogP contribution in [-0.2, 0) is 0 Å². The van der Waals surface area contributed by atoms with Gasteiger partial charge in [-0.2, -0.15) is 0 Å². The standard InChI is InChI=1S/C6H8ClN/c7-6-3-1-2-4-8-5-6/h1-3,8H,4-5H2. The van der Waals surface area contributed by atoms with E-state index in [1.54, 1.807) is 0 Å². The van der Waals surface area contributed by atoms with Crippen LogP contribution in [-0.4, -0.2) is 13.1 Å². The highest BCUT2D eigenvalue weighted by molar-refractivity contribution is 6.30. The van der Waals surface area contributed by atoms with Crippen LogP contribution in [0.25, 0.3) is 0 Å². The van der Waals surface area contributed by atoms with E-state index in [0.717, 1.165) is 18.1 Å². The van der Waals surface area contributed by atoms with Gasteiger partial charge in [-0.1, -0.05) is 23.8 Å². The summed E-state index contributed by atoms with van der Waals surface area (Å²) in [5.74, 6) is 0. The molecule has 0 saturated carbocycles. The van der Waals surface area contributed by atoms with E-state index in [-0.39, 0.29) is 0 Å². The Hall–Kier alpha value is -0.270. The third-order valence-corrected chi connectivity index (χ3v) is 1.23. The molecule has 1 N–H and O–H groups in total. The van der Waals surface area contributed by atoms with Crippen LogP contribution in [0.5, 0.6) is 0 Å². The second kappa shape index (κ2) is 2.90. The van der Waals surface area contributed by atoms with Gasteiger partial charge in [-0.3, -0.25) is 0 Å². The molecule has 44 valence electrons. The highest BCUT2D eigenvalue weighted by Crippen LogP contribution is 2.00. The molecule has 2 heteroatoms. The molecule has 0 spiro atoms. The summed E-state index contributed by atoms with van der Waals surface area (Å²) in [5, 5.41) is 3.98. The van der Waals surface area contributed by atoms with Gasteiger partial charge in [-0.15, -0.1) is 0 Å². The first kappa shape index (κ1) is 5.86. The van der Waals surface area contributed by atoms with E-state index < -0.39 is 0 Å². The van der Waals surface area contributed by atoms with Gasteiger partial charge in [0.15, 0.2) is 0 Å². The number of halogens is 1. The molecular formula is C6H8ClN. The molecule has 1 aliphatic heterocycles. The number of hydrogen-bond donors (Lipinski definition) is 1. The fourth-order valence-electron chi connectivity index (χ4n) is 0.574. The van der Waals surface area contributed by atoms with Crippen LogP contribution in [0.1, 0.15) is 0 Å². The molecule has 1 nitrogen and oxygen atoms in total. The van der Waals surface area contributed by atoms with Crippen LogP contribution in [0, 0.1) is 0 Å². The first-order valence-electron chi connectivity index (χ1n) is 2.61. The summed E-state index contributed by atoms with van der Waals surface area (Å²) in [6.07, 6.45) is 5.90. The third-order valence-electron chi connectivity index (χ3n) is 0.969. The molecule has 1 heterocycles. The largest absolute Gasteiger partial charge is 0.308 e. The maximum atomic E-state index is 5.67. The summed E-state index contributed by atoms with van der Waals surface area (Å²) in [6.45, 7) is 1.72. The lowest BCUT2D eigenvalue weighted by Crippen LogP contribution is -2.13. The van der Waals surface area contributed by atoms with Gasteiger partial charge in [0, 0.05) is 18.1 Å². The van der Waals surface area contributed by atoms with Crippen LogP contribution < -0.4 is 5.32 Å². The number of rotatable bonds is 0. The fourth-order valence-corrected chi connectivity index (χ4v) is 0.742. The van der Waals surface area contributed by atoms with Crippen molar-refractivity contribution in [2.24, 2.45) is 0 Å². The van der Waals surface area contributed by atoms with Crippen molar-refractivity contribution in [2.45, 2.75) is 0 Å². The molecule has 1 rings (SSSR count). The summed E-state index contributed by atoms with van der Waals surface area (Å²) in [4.78, 5) is 0. The topological polar surface area (TPSA) is 12.0 Å². The van der Waals surface area contributed by atoms with E-state index in [1.165, 1.54) is 0 Å². The first-order valence-corrected chi connectivity index (χ1v) is 2.99. The van der Waals surface area contributed by atoms with Gasteiger partial charge in [-0.05, 0) is 6.08 Å². The zero-order chi connectivity index (χ0) is 5.82. The molecule has 0 atom stereocenters. The molecule has 0 aromatic carbocycles. The van der Waals surface area contributed by atoms with Gasteiger partial charge >= 0.3 is 0 Å². The van der Waals surface area contributed by atoms with E-state index in [0.29, 0.717) is 0 Å². The van der Waals surface area contributed by atoms with E-state index in [1.807, 2.05) is 18.2 Å². The van der Waals surface area contributed by atoms with Crippen molar-refractivity contribution in [1.82, 2.24) is 5.32 Å². The quantitative estimate of drug-likeness (QED) is 0.520. The molecule has 0 unspecified atom stereocenters. The van der Waals surface area contributed by atoms with Gasteiger partial charge in [0.2, 0.25) is 0 Å². The minimum atomic E-state index is 0.800. The van der Waals surface area contributed by atoms with Gasteiger partial charge in [0.1, 0.15) is 0 Å². The SMILES string of the molecule is ClC1=CC=CCNC1. The maximum Gasteiger partial charge on any atom is 0.0319 e. The lowest BCUT2D eigenvalue weighted by atomic mass is 10.5. The van der Waals surface area contributed by atoms with Crippen molar-refractivity contribution < 1.29 is 0 Å². The zero-order valence-electron chi connectivity index (χ0n) is 4.52. The van der Waals surface area contributed by atoms with E-state index in [9.17, 15) is 0 Å². The molecule has 8 heavy (non-hydrogen) atoms. The lowest BCUT2D eigenvalue weighted by Gasteiger charge is -1.93. The summed E-state index contributed by atoms with van der Waals surface area (Å²) in [5.41, 5.74) is 0. The average molecular weight is 130 g/mol. The van der Waals surface area contributed by atoms with Crippen molar-refractivity contribution in [1.29, 1.82) is 0 Å². The Morgan fingerprint density at radius 2 is 2.50 bits per heavy atom. The first-order chi connectivity index (χ1) is 3.89. The molecule has 0 aromatic rings. The van der Waals surface area contributed by atoms with Crippen molar-refractivity contribution in [3.05, 3.63) is 23.3 Å². The monoisotopic (exact) mass is 129 g/mol. The van der Waals surface area contributed by atoms with Crippen LogP contribution in [0.2, 0.25) is 0 Å². The molecule has 0 aromatic heterocycles. The van der Waals surface area contributed by atoms with Crippen molar-refractivity contribution in [2.75, 3.05) is 13.1 Å². The van der Waals surface area contributed by atoms with E-state index in [4.69, 9.17) is 11.6 Å². The molecule has 1 aliphatic rings. The Morgan fingerprint density at radius 1 is 1.62 bits per heavy atom. The van der Waals surface area contributed by atoms with Crippen LogP contribution in [0.3, 0.4) is 0 Å². The van der Waals surface area contributed by atoms with E-state index in [2.05, 4.69) is 5.32 Å². The van der Waals surface area contributed by atoms with Crippen molar-refractivity contribution in [3.8, 4) is 0 Å². The minimum Gasteiger partial charge on any atom is -0.308 e. The number of allylic oxidation sites excluding steroid dienone is 2. The van der Waals surface area contributed by atoms with Crippen LogP contribution in [0.15, 0.2) is 23.3 Å². The summed E-state index contributed by atoms with van der Waals surface area (Å²) >= 11 is 5.67. The Bertz CT molecular complexity index is 126. The lowest BCUT2D eigenvalue weighted by molar-refractivity contribution is 0.841. The van der Waals surface area contributed by atoms with Gasteiger partial charge in [0.25, 0.3) is 0 Å². The van der Waals surface area contributed by atoms with Crippen LogP contribution in [0.4, 0.5) is 0 Å². The predicted molar refractivity (Wildman–Crippen MR) is 35.9 cm³/mol. The molecule has 0 saturated heterocycles. The Labute approximate surface area is 54.0 Å². The summed E-state index contributed by atoms with van der Waals surface area (Å²) in [6, 6.07) is 0. The molecule has 0 bridgehead atoms. The number of hydrogen-bond acceptors (Lipinski definition) is 1. The third kappa shape index (κ3) is 1.68. The Morgan fingerprint density at radius 3 is 3.38 bits per heavy atom. The fraction of sp³-hybridized carbons (Fsp3) is 0.333. The van der Waals surface area contributed by atoms with Crippen molar-refractivity contribution >= 4 is 11.6 Å².